The van der Waals surface area contributed by atoms with Gasteiger partial charge in [0.1, 0.15) is 5.75 Å². The molecule has 5 nitrogen and oxygen atoms in total. The van der Waals surface area contributed by atoms with E-state index in [1.807, 2.05) is 30.3 Å². The van der Waals surface area contributed by atoms with Gasteiger partial charge in [0.15, 0.2) is 0 Å². The maximum absolute atomic E-state index is 12.2. The normalized spacial score (nSPS) is 16.2. The summed E-state index contributed by atoms with van der Waals surface area (Å²) in [7, 11) is 0. The predicted molar refractivity (Wildman–Crippen MR) is 90.8 cm³/mol. The molecule has 124 valence electrons. The third-order valence-corrected chi connectivity index (χ3v) is 3.97. The highest BCUT2D eigenvalue weighted by atomic mass is 16.5. The van der Waals surface area contributed by atoms with Gasteiger partial charge in [-0.1, -0.05) is 36.4 Å². The van der Waals surface area contributed by atoms with Crippen LogP contribution < -0.4 is 15.4 Å². The lowest BCUT2D eigenvalue weighted by atomic mass is 10.0. The number of hydrogen-bond acceptors (Lipinski definition) is 3. The van der Waals surface area contributed by atoms with Crippen LogP contribution in [0.15, 0.2) is 54.6 Å². The van der Waals surface area contributed by atoms with Crippen LogP contribution in [0.5, 0.6) is 5.75 Å². The van der Waals surface area contributed by atoms with E-state index in [4.69, 9.17) is 4.74 Å². The summed E-state index contributed by atoms with van der Waals surface area (Å²) in [6, 6.07) is 16.5. The van der Waals surface area contributed by atoms with Crippen LogP contribution in [0, 0.1) is 0 Å². The molecule has 0 saturated heterocycles. The van der Waals surface area contributed by atoms with Gasteiger partial charge in [-0.3, -0.25) is 9.59 Å². The molecule has 0 fully saturated rings. The Morgan fingerprint density at radius 3 is 2.62 bits per heavy atom. The van der Waals surface area contributed by atoms with Gasteiger partial charge >= 0.3 is 0 Å². The zero-order chi connectivity index (χ0) is 16.8. The second kappa shape index (κ2) is 7.64. The van der Waals surface area contributed by atoms with Gasteiger partial charge in [-0.2, -0.15) is 0 Å². The van der Waals surface area contributed by atoms with Crippen molar-refractivity contribution in [2.24, 2.45) is 0 Å². The fraction of sp³-hybridized carbons (Fsp3) is 0.263. The molecule has 0 radical (unpaired) electrons. The summed E-state index contributed by atoms with van der Waals surface area (Å²) >= 11 is 0. The average molecular weight is 324 g/mol. The number of ether oxygens (including phenoxy) is 1. The minimum atomic E-state index is -0.254. The molecular formula is C19H20N2O3. The summed E-state index contributed by atoms with van der Waals surface area (Å²) in [6.07, 6.45) is 1.69. The lowest BCUT2D eigenvalue weighted by Gasteiger charge is -2.18. The Bertz CT molecular complexity index is 716. The standard InChI is InChI=1S/C19H20N2O3/c22-18(13-20-19(23)14-7-2-1-3-8-14)21-16-10-6-12-24-17-11-5-4-9-15(16)17/h1-5,7-9,11,16H,6,10,12-13H2,(H,20,23)(H,21,22). The maximum atomic E-state index is 12.2. The molecule has 2 N–H and O–H groups in total. The minimum Gasteiger partial charge on any atom is -0.493 e. The van der Waals surface area contributed by atoms with Crippen LogP contribution in [0.2, 0.25) is 0 Å². The Morgan fingerprint density at radius 1 is 1.04 bits per heavy atom. The van der Waals surface area contributed by atoms with Crippen molar-refractivity contribution < 1.29 is 14.3 Å². The smallest absolute Gasteiger partial charge is 0.251 e. The van der Waals surface area contributed by atoms with Crippen LogP contribution in [0.4, 0.5) is 0 Å². The fourth-order valence-electron chi connectivity index (χ4n) is 2.77. The summed E-state index contributed by atoms with van der Waals surface area (Å²) < 4.78 is 5.70. The number of carbonyl (C=O) groups is 2. The molecule has 1 aliphatic rings. The zero-order valence-corrected chi connectivity index (χ0v) is 13.3. The second-order valence-electron chi connectivity index (χ2n) is 5.70. The van der Waals surface area contributed by atoms with Crippen molar-refractivity contribution in [1.82, 2.24) is 10.6 Å². The molecule has 2 aromatic rings. The third-order valence-electron chi connectivity index (χ3n) is 3.97. The van der Waals surface area contributed by atoms with Gasteiger partial charge in [0.2, 0.25) is 5.91 Å². The molecule has 24 heavy (non-hydrogen) atoms. The van der Waals surface area contributed by atoms with Crippen molar-refractivity contribution in [3.8, 4) is 5.75 Å². The van der Waals surface area contributed by atoms with Crippen LogP contribution in [0.3, 0.4) is 0 Å². The molecule has 0 aliphatic carbocycles. The van der Waals surface area contributed by atoms with Gasteiger partial charge in [0.05, 0.1) is 19.2 Å². The highest BCUT2D eigenvalue weighted by Crippen LogP contribution is 2.30. The van der Waals surface area contributed by atoms with E-state index in [0.29, 0.717) is 12.2 Å². The molecule has 0 saturated carbocycles. The monoisotopic (exact) mass is 324 g/mol. The van der Waals surface area contributed by atoms with Crippen LogP contribution in [-0.2, 0) is 4.79 Å². The summed E-state index contributed by atoms with van der Waals surface area (Å²) in [6.45, 7) is 0.599. The van der Waals surface area contributed by atoms with Crippen molar-refractivity contribution in [1.29, 1.82) is 0 Å². The predicted octanol–water partition coefficient (Wildman–Crippen LogP) is 2.45. The molecule has 0 bridgehead atoms. The maximum Gasteiger partial charge on any atom is 0.251 e. The van der Waals surface area contributed by atoms with Gasteiger partial charge in [-0.25, -0.2) is 0 Å². The van der Waals surface area contributed by atoms with E-state index >= 15 is 0 Å². The molecule has 1 atom stereocenters. The van der Waals surface area contributed by atoms with Crippen LogP contribution in [-0.4, -0.2) is 25.0 Å². The number of fused-ring (bicyclic) bond motifs is 1. The summed E-state index contributed by atoms with van der Waals surface area (Å²) in [5, 5.41) is 5.63. The Balaban J connectivity index is 1.58. The van der Waals surface area contributed by atoms with E-state index in [2.05, 4.69) is 10.6 Å². The van der Waals surface area contributed by atoms with E-state index in [0.717, 1.165) is 24.2 Å². The van der Waals surface area contributed by atoms with E-state index in [-0.39, 0.29) is 24.4 Å². The van der Waals surface area contributed by atoms with Gasteiger partial charge in [0.25, 0.3) is 5.91 Å². The number of nitrogens with one attached hydrogen (secondary N) is 2. The molecule has 1 aliphatic heterocycles. The van der Waals surface area contributed by atoms with Gasteiger partial charge in [-0.15, -0.1) is 0 Å². The van der Waals surface area contributed by atoms with E-state index in [1.165, 1.54) is 0 Å². The number of carbonyl (C=O) groups excluding carboxylic acids is 2. The Labute approximate surface area is 141 Å². The Morgan fingerprint density at radius 2 is 1.79 bits per heavy atom. The van der Waals surface area contributed by atoms with Crippen molar-refractivity contribution >= 4 is 11.8 Å². The highest BCUT2D eigenvalue weighted by molar-refractivity contribution is 5.96. The van der Waals surface area contributed by atoms with Gasteiger partial charge < -0.3 is 15.4 Å². The summed E-state index contributed by atoms with van der Waals surface area (Å²) in [5.41, 5.74) is 1.52. The van der Waals surface area contributed by atoms with Crippen molar-refractivity contribution in [2.75, 3.05) is 13.2 Å². The number of amides is 2. The number of benzene rings is 2. The van der Waals surface area contributed by atoms with Gasteiger partial charge in [-0.05, 0) is 31.0 Å². The molecule has 2 aromatic carbocycles. The van der Waals surface area contributed by atoms with Crippen molar-refractivity contribution in [3.63, 3.8) is 0 Å². The van der Waals surface area contributed by atoms with E-state index < -0.39 is 0 Å². The fourth-order valence-corrected chi connectivity index (χ4v) is 2.77. The molecule has 5 heteroatoms. The summed E-state index contributed by atoms with van der Waals surface area (Å²) in [5.74, 6) is 0.352. The molecule has 2 amide bonds. The quantitative estimate of drug-likeness (QED) is 0.908. The van der Waals surface area contributed by atoms with Crippen LogP contribution >= 0.6 is 0 Å². The minimum absolute atomic E-state index is 0.0484. The Kier molecular flexibility index (Phi) is 5.11. The molecule has 0 spiro atoms. The molecule has 3 rings (SSSR count). The highest BCUT2D eigenvalue weighted by Gasteiger charge is 2.21. The second-order valence-corrected chi connectivity index (χ2v) is 5.70. The third kappa shape index (κ3) is 3.93. The molecular weight excluding hydrogens is 304 g/mol. The van der Waals surface area contributed by atoms with Crippen molar-refractivity contribution in [2.45, 2.75) is 18.9 Å². The summed E-state index contributed by atoms with van der Waals surface area (Å²) in [4.78, 5) is 24.2. The van der Waals surface area contributed by atoms with Gasteiger partial charge in [0, 0.05) is 11.1 Å². The van der Waals surface area contributed by atoms with Crippen LogP contribution in [0.25, 0.3) is 0 Å². The first-order chi connectivity index (χ1) is 11.7. The van der Waals surface area contributed by atoms with Crippen LogP contribution in [0.1, 0.15) is 34.8 Å². The molecule has 0 aromatic heterocycles. The lowest BCUT2D eigenvalue weighted by molar-refractivity contribution is -0.120. The lowest BCUT2D eigenvalue weighted by Crippen LogP contribution is -2.38. The number of hydrogen-bond donors (Lipinski definition) is 2. The number of rotatable bonds is 4. The Hall–Kier alpha value is -2.82. The average Bonchev–Trinajstić information content (AvgIpc) is 2.83. The number of para-hydroxylation sites is 1. The topological polar surface area (TPSA) is 67.4 Å². The zero-order valence-electron chi connectivity index (χ0n) is 13.3. The SMILES string of the molecule is O=C(CNC(=O)c1ccccc1)NC1CCCOc2ccccc21. The van der Waals surface area contributed by atoms with E-state index in [1.54, 1.807) is 24.3 Å². The first-order valence-corrected chi connectivity index (χ1v) is 8.08. The molecule has 1 unspecified atom stereocenters. The largest absolute Gasteiger partial charge is 0.493 e. The molecule has 1 heterocycles. The van der Waals surface area contributed by atoms with Crippen molar-refractivity contribution in [3.05, 3.63) is 65.7 Å². The first kappa shape index (κ1) is 16.1. The van der Waals surface area contributed by atoms with E-state index in [9.17, 15) is 9.59 Å². The first-order valence-electron chi connectivity index (χ1n) is 8.08.